The van der Waals surface area contributed by atoms with E-state index in [-0.39, 0.29) is 23.9 Å². The molecule has 0 radical (unpaired) electrons. The third-order valence-electron chi connectivity index (χ3n) is 3.57. The molecule has 1 aromatic rings. The summed E-state index contributed by atoms with van der Waals surface area (Å²) in [5, 5.41) is 2.90. The van der Waals surface area contributed by atoms with Crippen LogP contribution in [0.25, 0.3) is 0 Å². The number of hydrogen-bond donors (Lipinski definition) is 2. The number of hydrogen-bond acceptors (Lipinski definition) is 3. The first-order chi connectivity index (χ1) is 9.09. The molecule has 1 aliphatic heterocycles. The number of carbonyl (C=O) groups excluding carboxylic acids is 1. The van der Waals surface area contributed by atoms with E-state index in [4.69, 9.17) is 10.5 Å². The molecule has 1 saturated heterocycles. The van der Waals surface area contributed by atoms with Crippen molar-refractivity contribution in [3.05, 3.63) is 35.9 Å². The van der Waals surface area contributed by atoms with Crippen LogP contribution in [0.5, 0.6) is 0 Å². The molecule has 0 aliphatic carbocycles. The SMILES string of the molecule is CC1(CNC(=O)C(N)Cc2ccccc2)CCCO1.Cl. The molecule has 2 atom stereocenters. The first-order valence-electron chi connectivity index (χ1n) is 6.80. The average Bonchev–Trinajstić information content (AvgIpc) is 2.84. The maximum absolute atomic E-state index is 12.0. The predicted molar refractivity (Wildman–Crippen MR) is 82.0 cm³/mol. The highest BCUT2D eigenvalue weighted by Crippen LogP contribution is 2.23. The number of nitrogens with one attached hydrogen (secondary N) is 1. The minimum Gasteiger partial charge on any atom is -0.373 e. The Labute approximate surface area is 126 Å². The number of benzene rings is 1. The molecule has 3 N–H and O–H groups in total. The van der Waals surface area contributed by atoms with Gasteiger partial charge in [0.15, 0.2) is 0 Å². The average molecular weight is 299 g/mol. The van der Waals surface area contributed by atoms with Crippen LogP contribution < -0.4 is 11.1 Å². The molecule has 2 unspecified atom stereocenters. The Morgan fingerprint density at radius 3 is 2.75 bits per heavy atom. The molecule has 0 spiro atoms. The summed E-state index contributed by atoms with van der Waals surface area (Å²) in [5.41, 5.74) is 6.78. The van der Waals surface area contributed by atoms with Crippen molar-refractivity contribution in [1.82, 2.24) is 5.32 Å². The second kappa shape index (κ2) is 7.62. The molecule has 1 fully saturated rings. The van der Waals surface area contributed by atoms with Crippen molar-refractivity contribution < 1.29 is 9.53 Å². The zero-order valence-corrected chi connectivity index (χ0v) is 12.6. The van der Waals surface area contributed by atoms with Gasteiger partial charge in [0, 0.05) is 13.2 Å². The summed E-state index contributed by atoms with van der Waals surface area (Å²) < 4.78 is 5.63. The monoisotopic (exact) mass is 298 g/mol. The molecule has 20 heavy (non-hydrogen) atoms. The van der Waals surface area contributed by atoms with Crippen LogP contribution in [0.15, 0.2) is 30.3 Å². The highest BCUT2D eigenvalue weighted by atomic mass is 35.5. The predicted octanol–water partition coefficient (Wildman–Crippen LogP) is 1.66. The van der Waals surface area contributed by atoms with E-state index in [2.05, 4.69) is 5.32 Å². The lowest BCUT2D eigenvalue weighted by atomic mass is 10.0. The zero-order chi connectivity index (χ0) is 13.7. The van der Waals surface area contributed by atoms with Crippen molar-refractivity contribution >= 4 is 18.3 Å². The van der Waals surface area contributed by atoms with Gasteiger partial charge < -0.3 is 15.8 Å². The van der Waals surface area contributed by atoms with Crippen LogP contribution in [-0.4, -0.2) is 30.7 Å². The highest BCUT2D eigenvalue weighted by molar-refractivity contribution is 5.85. The van der Waals surface area contributed by atoms with E-state index >= 15 is 0 Å². The lowest BCUT2D eigenvalue weighted by molar-refractivity contribution is -0.123. The topological polar surface area (TPSA) is 64.4 Å². The van der Waals surface area contributed by atoms with Crippen LogP contribution in [0.3, 0.4) is 0 Å². The smallest absolute Gasteiger partial charge is 0.237 e. The third kappa shape index (κ3) is 4.78. The van der Waals surface area contributed by atoms with Crippen molar-refractivity contribution in [2.24, 2.45) is 5.73 Å². The normalized spacial score (nSPS) is 22.9. The zero-order valence-electron chi connectivity index (χ0n) is 11.8. The minimum atomic E-state index is -0.507. The molecular weight excluding hydrogens is 276 g/mol. The van der Waals surface area contributed by atoms with Gasteiger partial charge in [0.05, 0.1) is 11.6 Å². The fourth-order valence-corrected chi connectivity index (χ4v) is 2.34. The molecular formula is C15H23ClN2O2. The number of nitrogens with two attached hydrogens (primary N) is 1. The standard InChI is InChI=1S/C15H22N2O2.ClH/c1-15(8-5-9-19-15)11-17-14(18)13(16)10-12-6-3-2-4-7-12;/h2-4,6-7,13H,5,8-11,16H2,1H3,(H,17,18);1H. The molecule has 1 heterocycles. The van der Waals surface area contributed by atoms with Crippen molar-refractivity contribution in [1.29, 1.82) is 0 Å². The van der Waals surface area contributed by atoms with Gasteiger partial charge in [-0.2, -0.15) is 0 Å². The molecule has 0 saturated carbocycles. The van der Waals surface area contributed by atoms with Gasteiger partial charge in [-0.25, -0.2) is 0 Å². The third-order valence-corrected chi connectivity index (χ3v) is 3.57. The Hall–Kier alpha value is -1.10. The molecule has 112 valence electrons. The van der Waals surface area contributed by atoms with E-state index in [1.807, 2.05) is 37.3 Å². The van der Waals surface area contributed by atoms with E-state index in [1.165, 1.54) is 0 Å². The van der Waals surface area contributed by atoms with Crippen molar-refractivity contribution in [2.75, 3.05) is 13.2 Å². The Morgan fingerprint density at radius 2 is 2.15 bits per heavy atom. The molecule has 2 rings (SSSR count). The summed E-state index contributed by atoms with van der Waals surface area (Å²) >= 11 is 0. The van der Waals surface area contributed by atoms with Gasteiger partial charge in [-0.05, 0) is 31.7 Å². The van der Waals surface area contributed by atoms with Gasteiger partial charge in [0.1, 0.15) is 0 Å². The van der Waals surface area contributed by atoms with E-state index in [0.717, 1.165) is 25.0 Å². The number of ether oxygens (including phenoxy) is 1. The molecule has 0 aromatic heterocycles. The van der Waals surface area contributed by atoms with Crippen LogP contribution in [-0.2, 0) is 16.0 Å². The van der Waals surface area contributed by atoms with Crippen LogP contribution in [0, 0.1) is 0 Å². The van der Waals surface area contributed by atoms with Crippen LogP contribution in [0.2, 0.25) is 0 Å². The van der Waals surface area contributed by atoms with Gasteiger partial charge in [-0.3, -0.25) is 4.79 Å². The summed E-state index contributed by atoms with van der Waals surface area (Å²) in [6.07, 6.45) is 2.61. The quantitative estimate of drug-likeness (QED) is 0.869. The molecule has 0 bridgehead atoms. The first kappa shape index (κ1) is 17.0. The second-order valence-electron chi connectivity index (χ2n) is 5.42. The molecule has 1 aliphatic rings. The lowest BCUT2D eigenvalue weighted by Gasteiger charge is -2.24. The summed E-state index contributed by atoms with van der Waals surface area (Å²) in [7, 11) is 0. The largest absolute Gasteiger partial charge is 0.373 e. The van der Waals surface area contributed by atoms with Crippen LogP contribution in [0.1, 0.15) is 25.3 Å². The maximum Gasteiger partial charge on any atom is 0.237 e. The van der Waals surface area contributed by atoms with Crippen molar-refractivity contribution in [2.45, 2.75) is 37.8 Å². The Bertz CT molecular complexity index is 419. The summed E-state index contributed by atoms with van der Waals surface area (Å²) in [6.45, 7) is 3.35. The number of amides is 1. The minimum absolute atomic E-state index is 0. The molecule has 5 heteroatoms. The number of carbonyl (C=O) groups is 1. The fraction of sp³-hybridized carbons (Fsp3) is 0.533. The van der Waals surface area contributed by atoms with Crippen molar-refractivity contribution in [3.63, 3.8) is 0 Å². The molecule has 4 nitrogen and oxygen atoms in total. The summed E-state index contributed by atoms with van der Waals surface area (Å²) in [6, 6.07) is 9.31. The van der Waals surface area contributed by atoms with E-state index in [0.29, 0.717) is 13.0 Å². The summed E-state index contributed by atoms with van der Waals surface area (Å²) in [4.78, 5) is 12.0. The highest BCUT2D eigenvalue weighted by Gasteiger charge is 2.30. The van der Waals surface area contributed by atoms with E-state index < -0.39 is 6.04 Å². The van der Waals surface area contributed by atoms with E-state index in [9.17, 15) is 4.79 Å². The van der Waals surface area contributed by atoms with Gasteiger partial charge in [-0.1, -0.05) is 30.3 Å². The van der Waals surface area contributed by atoms with E-state index in [1.54, 1.807) is 0 Å². The van der Waals surface area contributed by atoms with Gasteiger partial charge in [-0.15, -0.1) is 12.4 Å². The van der Waals surface area contributed by atoms with Crippen molar-refractivity contribution in [3.8, 4) is 0 Å². The fourth-order valence-electron chi connectivity index (χ4n) is 2.34. The van der Waals surface area contributed by atoms with Crippen LogP contribution >= 0.6 is 12.4 Å². The Morgan fingerprint density at radius 1 is 1.45 bits per heavy atom. The molecule has 1 aromatic carbocycles. The molecule has 1 amide bonds. The van der Waals surface area contributed by atoms with Gasteiger partial charge in [0.25, 0.3) is 0 Å². The summed E-state index contributed by atoms with van der Waals surface area (Å²) in [5.74, 6) is -0.111. The second-order valence-corrected chi connectivity index (χ2v) is 5.42. The maximum atomic E-state index is 12.0. The number of halogens is 1. The van der Waals surface area contributed by atoms with Crippen LogP contribution in [0.4, 0.5) is 0 Å². The lowest BCUT2D eigenvalue weighted by Crippen LogP contribution is -2.47. The van der Waals surface area contributed by atoms with Gasteiger partial charge >= 0.3 is 0 Å². The Kier molecular flexibility index (Phi) is 6.46. The number of rotatable bonds is 5. The van der Waals surface area contributed by atoms with Gasteiger partial charge in [0.2, 0.25) is 5.91 Å². The Balaban J connectivity index is 0.00000200. The first-order valence-corrected chi connectivity index (χ1v) is 6.80.